The summed E-state index contributed by atoms with van der Waals surface area (Å²) in [6, 6.07) is 8.76. The molecule has 0 radical (unpaired) electrons. The molecule has 2 saturated heterocycles. The first kappa shape index (κ1) is 13.0. The topological polar surface area (TPSA) is 41.0 Å². The van der Waals surface area contributed by atoms with Crippen molar-refractivity contribution in [3.8, 4) is 0 Å². The maximum atomic E-state index is 4.93. The van der Waals surface area contributed by atoms with E-state index in [2.05, 4.69) is 30.1 Å². The van der Waals surface area contributed by atoms with Gasteiger partial charge in [-0.1, -0.05) is 19.1 Å². The number of benzene rings is 1. The predicted molar refractivity (Wildman–Crippen MR) is 85.5 cm³/mol. The minimum atomic E-state index is 0.596. The second-order valence-electron chi connectivity index (χ2n) is 6.33. The van der Waals surface area contributed by atoms with Gasteiger partial charge in [0.2, 0.25) is 0 Å². The van der Waals surface area contributed by atoms with E-state index in [1.54, 1.807) is 0 Å². The molecule has 2 aliphatic rings. The third-order valence-corrected chi connectivity index (χ3v) is 5.13. The number of fused-ring (bicyclic) bond motifs is 2. The molecule has 0 aliphatic carbocycles. The minimum absolute atomic E-state index is 0.596. The van der Waals surface area contributed by atoms with Gasteiger partial charge in [-0.15, -0.1) is 0 Å². The van der Waals surface area contributed by atoms with E-state index in [9.17, 15) is 0 Å². The lowest BCUT2D eigenvalue weighted by atomic mass is 9.93. The van der Waals surface area contributed by atoms with Gasteiger partial charge in [-0.05, 0) is 37.3 Å². The van der Waals surface area contributed by atoms with Crippen molar-refractivity contribution in [1.82, 2.24) is 15.3 Å². The fourth-order valence-corrected chi connectivity index (χ4v) is 4.14. The van der Waals surface area contributed by atoms with Crippen molar-refractivity contribution in [2.24, 2.45) is 11.8 Å². The van der Waals surface area contributed by atoms with E-state index in [1.165, 1.54) is 6.42 Å². The standard InChI is InChI=1S/C17H22N4/c1-3-16-13-9-18-8-12(13)10-21(16)17-11(2)19-14-6-4-5-7-15(14)20-17/h4-7,12-13,16,18H,3,8-10H2,1-2H3. The monoisotopic (exact) mass is 282 g/mol. The Morgan fingerprint density at radius 2 is 1.95 bits per heavy atom. The Morgan fingerprint density at radius 3 is 2.71 bits per heavy atom. The summed E-state index contributed by atoms with van der Waals surface area (Å²) >= 11 is 0. The number of nitrogens with zero attached hydrogens (tertiary/aromatic N) is 3. The van der Waals surface area contributed by atoms with Crippen molar-refractivity contribution < 1.29 is 0 Å². The maximum Gasteiger partial charge on any atom is 0.151 e. The smallest absolute Gasteiger partial charge is 0.151 e. The Hall–Kier alpha value is -1.68. The number of nitrogens with one attached hydrogen (secondary N) is 1. The van der Waals surface area contributed by atoms with Crippen LogP contribution in [0, 0.1) is 18.8 Å². The van der Waals surface area contributed by atoms with Crippen LogP contribution in [-0.4, -0.2) is 35.6 Å². The Balaban J connectivity index is 1.77. The van der Waals surface area contributed by atoms with Crippen molar-refractivity contribution in [3.05, 3.63) is 30.0 Å². The van der Waals surface area contributed by atoms with Gasteiger partial charge < -0.3 is 10.2 Å². The summed E-state index contributed by atoms with van der Waals surface area (Å²) in [5.74, 6) is 2.63. The van der Waals surface area contributed by atoms with E-state index >= 15 is 0 Å². The number of anilines is 1. The number of rotatable bonds is 2. The first-order valence-corrected chi connectivity index (χ1v) is 7.98. The fourth-order valence-electron chi connectivity index (χ4n) is 4.14. The molecule has 110 valence electrons. The van der Waals surface area contributed by atoms with Gasteiger partial charge in [0, 0.05) is 25.7 Å². The normalized spacial score (nSPS) is 28.3. The lowest BCUT2D eigenvalue weighted by molar-refractivity contribution is 0.441. The molecule has 0 bridgehead atoms. The predicted octanol–water partition coefficient (Wildman–Crippen LogP) is 2.37. The van der Waals surface area contributed by atoms with E-state index in [0.717, 1.165) is 54.0 Å². The molecule has 1 aromatic carbocycles. The van der Waals surface area contributed by atoms with Crippen LogP contribution in [0.15, 0.2) is 24.3 Å². The molecular weight excluding hydrogens is 260 g/mol. The SMILES string of the molecule is CCC1C2CNCC2CN1c1nc2ccccc2nc1C. The number of aryl methyl sites for hydroxylation is 1. The summed E-state index contributed by atoms with van der Waals surface area (Å²) in [6.45, 7) is 7.80. The Kier molecular flexibility index (Phi) is 3.07. The third-order valence-electron chi connectivity index (χ3n) is 5.13. The number of hydrogen-bond donors (Lipinski definition) is 1. The molecule has 0 saturated carbocycles. The van der Waals surface area contributed by atoms with Crippen LogP contribution in [0.4, 0.5) is 5.82 Å². The molecule has 0 amide bonds. The zero-order chi connectivity index (χ0) is 14.4. The van der Waals surface area contributed by atoms with E-state index in [1.807, 2.05) is 18.2 Å². The number of hydrogen-bond acceptors (Lipinski definition) is 4. The van der Waals surface area contributed by atoms with Gasteiger partial charge in [-0.3, -0.25) is 0 Å². The lowest BCUT2D eigenvalue weighted by Gasteiger charge is -2.29. The van der Waals surface area contributed by atoms with Crippen LogP contribution < -0.4 is 10.2 Å². The quantitative estimate of drug-likeness (QED) is 0.918. The van der Waals surface area contributed by atoms with Crippen LogP contribution in [0.1, 0.15) is 19.0 Å². The molecule has 2 aromatic rings. The Morgan fingerprint density at radius 1 is 1.19 bits per heavy atom. The molecule has 2 aliphatic heterocycles. The molecule has 4 heteroatoms. The average molecular weight is 282 g/mol. The van der Waals surface area contributed by atoms with Gasteiger partial charge in [-0.25, -0.2) is 9.97 Å². The molecule has 21 heavy (non-hydrogen) atoms. The van der Waals surface area contributed by atoms with Gasteiger partial charge >= 0.3 is 0 Å². The molecule has 1 N–H and O–H groups in total. The average Bonchev–Trinajstić information content (AvgIpc) is 3.06. The molecule has 3 heterocycles. The number of para-hydroxylation sites is 2. The summed E-state index contributed by atoms with van der Waals surface area (Å²) in [7, 11) is 0. The summed E-state index contributed by atoms with van der Waals surface area (Å²) in [5, 5.41) is 3.54. The van der Waals surface area contributed by atoms with Gasteiger partial charge in [0.1, 0.15) is 0 Å². The van der Waals surface area contributed by atoms with Crippen molar-refractivity contribution >= 4 is 16.9 Å². The highest BCUT2D eigenvalue weighted by Crippen LogP contribution is 2.37. The fraction of sp³-hybridized carbons (Fsp3) is 0.529. The van der Waals surface area contributed by atoms with Gasteiger partial charge in [0.15, 0.2) is 5.82 Å². The van der Waals surface area contributed by atoms with Crippen molar-refractivity contribution in [2.45, 2.75) is 26.3 Å². The van der Waals surface area contributed by atoms with Crippen LogP contribution >= 0.6 is 0 Å². The first-order valence-electron chi connectivity index (χ1n) is 7.98. The van der Waals surface area contributed by atoms with Crippen LogP contribution in [-0.2, 0) is 0 Å². The van der Waals surface area contributed by atoms with E-state index in [-0.39, 0.29) is 0 Å². The summed E-state index contributed by atoms with van der Waals surface area (Å²) in [4.78, 5) is 12.2. The second kappa shape index (κ2) is 4.95. The Bertz CT molecular complexity index is 669. The van der Waals surface area contributed by atoms with Gasteiger partial charge in [-0.2, -0.15) is 0 Å². The molecule has 1 aromatic heterocycles. The van der Waals surface area contributed by atoms with E-state index < -0.39 is 0 Å². The third kappa shape index (κ3) is 2.01. The maximum absolute atomic E-state index is 4.93. The molecular formula is C17H22N4. The molecule has 3 unspecified atom stereocenters. The van der Waals surface area contributed by atoms with Crippen LogP contribution in [0.5, 0.6) is 0 Å². The van der Waals surface area contributed by atoms with Gasteiger partial charge in [0.25, 0.3) is 0 Å². The van der Waals surface area contributed by atoms with E-state index in [4.69, 9.17) is 9.97 Å². The second-order valence-corrected chi connectivity index (χ2v) is 6.33. The Labute approximate surface area is 125 Å². The minimum Gasteiger partial charge on any atom is -0.351 e. The van der Waals surface area contributed by atoms with Crippen molar-refractivity contribution in [2.75, 3.05) is 24.5 Å². The molecule has 4 rings (SSSR count). The van der Waals surface area contributed by atoms with Crippen LogP contribution in [0.2, 0.25) is 0 Å². The first-order chi connectivity index (χ1) is 10.3. The van der Waals surface area contributed by atoms with Crippen molar-refractivity contribution in [3.63, 3.8) is 0 Å². The zero-order valence-electron chi connectivity index (χ0n) is 12.7. The highest BCUT2D eigenvalue weighted by Gasteiger charge is 2.44. The van der Waals surface area contributed by atoms with Crippen LogP contribution in [0.3, 0.4) is 0 Å². The summed E-state index contributed by atoms with van der Waals surface area (Å²) in [5.41, 5.74) is 3.05. The van der Waals surface area contributed by atoms with Crippen LogP contribution in [0.25, 0.3) is 11.0 Å². The highest BCUT2D eigenvalue weighted by molar-refractivity contribution is 5.76. The number of aromatic nitrogens is 2. The van der Waals surface area contributed by atoms with Gasteiger partial charge in [0.05, 0.1) is 16.7 Å². The summed E-state index contributed by atoms with van der Waals surface area (Å²) < 4.78 is 0. The molecule has 2 fully saturated rings. The molecule has 4 nitrogen and oxygen atoms in total. The highest BCUT2D eigenvalue weighted by atomic mass is 15.3. The zero-order valence-corrected chi connectivity index (χ0v) is 12.7. The molecule has 3 atom stereocenters. The van der Waals surface area contributed by atoms with Crippen molar-refractivity contribution in [1.29, 1.82) is 0 Å². The largest absolute Gasteiger partial charge is 0.351 e. The summed E-state index contributed by atoms with van der Waals surface area (Å²) in [6.07, 6.45) is 1.18. The lowest BCUT2D eigenvalue weighted by Crippen LogP contribution is -2.36. The van der Waals surface area contributed by atoms with E-state index in [0.29, 0.717) is 6.04 Å². The molecule has 0 spiro atoms.